The summed E-state index contributed by atoms with van der Waals surface area (Å²) < 4.78 is 12.6. The van der Waals surface area contributed by atoms with Crippen LogP contribution >= 0.6 is 15.9 Å². The maximum Gasteiger partial charge on any atom is 0.240 e. The Kier molecular flexibility index (Phi) is 6.85. The quantitative estimate of drug-likeness (QED) is 0.579. The summed E-state index contributed by atoms with van der Waals surface area (Å²) in [7, 11) is 0. The van der Waals surface area contributed by atoms with Crippen LogP contribution in [0.15, 0.2) is 81.1 Å². The van der Waals surface area contributed by atoms with E-state index in [2.05, 4.69) is 44.2 Å². The first-order valence-electron chi connectivity index (χ1n) is 10.4. The van der Waals surface area contributed by atoms with Crippen molar-refractivity contribution in [1.82, 2.24) is 4.98 Å². The molecule has 1 aliphatic carbocycles. The van der Waals surface area contributed by atoms with Crippen LogP contribution < -0.4 is 10.1 Å². The van der Waals surface area contributed by atoms with Gasteiger partial charge in [-0.05, 0) is 50.1 Å². The lowest BCUT2D eigenvalue weighted by Crippen LogP contribution is -2.19. The molecule has 0 bridgehead atoms. The van der Waals surface area contributed by atoms with Crippen LogP contribution in [-0.4, -0.2) is 30.0 Å². The second-order valence-electron chi connectivity index (χ2n) is 7.63. The van der Waals surface area contributed by atoms with E-state index in [1.807, 2.05) is 37.3 Å². The Labute approximate surface area is 195 Å². The van der Waals surface area contributed by atoms with Gasteiger partial charge >= 0.3 is 0 Å². The van der Waals surface area contributed by atoms with Gasteiger partial charge in [0.15, 0.2) is 0 Å². The van der Waals surface area contributed by atoms with Crippen molar-refractivity contribution in [3.05, 3.63) is 87.3 Å². The summed E-state index contributed by atoms with van der Waals surface area (Å²) in [6.45, 7) is 4.84. The summed E-state index contributed by atoms with van der Waals surface area (Å²) in [5, 5.41) is 2.84. The van der Waals surface area contributed by atoms with E-state index in [0.717, 1.165) is 33.5 Å². The fourth-order valence-corrected chi connectivity index (χ4v) is 3.75. The smallest absolute Gasteiger partial charge is 0.240 e. The van der Waals surface area contributed by atoms with Crippen molar-refractivity contribution in [2.45, 2.75) is 26.7 Å². The number of anilines is 1. The molecule has 0 unspecified atom stereocenters. The number of para-hydroxylation sites is 1. The molecular weight excluding hydrogens is 470 g/mol. The van der Waals surface area contributed by atoms with Gasteiger partial charge in [0.05, 0.1) is 30.6 Å². The largest absolute Gasteiger partial charge is 0.493 e. The zero-order valence-electron chi connectivity index (χ0n) is 18.0. The molecule has 0 spiro atoms. The Hall–Kier alpha value is -3.19. The number of benzene rings is 1. The van der Waals surface area contributed by atoms with Crippen LogP contribution in [0.2, 0.25) is 0 Å². The number of halogens is 1. The zero-order valence-corrected chi connectivity index (χ0v) is 19.6. The number of aliphatic imine (C=N–C) groups is 1. The summed E-state index contributed by atoms with van der Waals surface area (Å²) >= 11 is 3.55. The SMILES string of the molecule is CC1=C2COC(c3ccc(NC(=O)CCOc4ccccc4C)cn3)=NC2=CC(Br)=CC1. The molecule has 0 atom stereocenters. The summed E-state index contributed by atoms with van der Waals surface area (Å²) in [4.78, 5) is 21.3. The molecule has 1 aromatic heterocycles. The number of fused-ring (bicyclic) bond motifs is 1. The highest BCUT2D eigenvalue weighted by Crippen LogP contribution is 2.30. The molecule has 4 rings (SSSR count). The predicted octanol–water partition coefficient (Wildman–Crippen LogP) is 5.46. The molecule has 0 saturated heterocycles. The molecule has 2 aliphatic rings. The van der Waals surface area contributed by atoms with Crippen LogP contribution in [0.4, 0.5) is 5.69 Å². The van der Waals surface area contributed by atoms with Crippen molar-refractivity contribution in [1.29, 1.82) is 0 Å². The number of rotatable bonds is 6. The minimum absolute atomic E-state index is 0.134. The molecule has 1 N–H and O–H groups in total. The van der Waals surface area contributed by atoms with Crippen LogP contribution in [-0.2, 0) is 9.53 Å². The van der Waals surface area contributed by atoms with E-state index < -0.39 is 0 Å². The molecule has 0 saturated carbocycles. The van der Waals surface area contributed by atoms with Crippen molar-refractivity contribution in [3.8, 4) is 5.75 Å². The maximum atomic E-state index is 12.2. The first-order chi connectivity index (χ1) is 15.5. The number of carbonyl (C=O) groups excluding carboxylic acids is 1. The van der Waals surface area contributed by atoms with E-state index in [9.17, 15) is 4.79 Å². The first kappa shape index (κ1) is 22.0. The molecule has 0 fully saturated rings. The van der Waals surface area contributed by atoms with Crippen LogP contribution in [0.3, 0.4) is 0 Å². The Morgan fingerprint density at radius 3 is 2.84 bits per heavy atom. The number of nitrogens with zero attached hydrogens (tertiary/aromatic N) is 2. The van der Waals surface area contributed by atoms with E-state index in [4.69, 9.17) is 9.47 Å². The minimum Gasteiger partial charge on any atom is -0.493 e. The Bertz CT molecular complexity index is 1150. The molecule has 1 amide bonds. The molecule has 1 aliphatic heterocycles. The van der Waals surface area contributed by atoms with Gasteiger partial charge in [0.2, 0.25) is 11.8 Å². The summed E-state index contributed by atoms with van der Waals surface area (Å²) in [6.07, 6.45) is 6.84. The van der Waals surface area contributed by atoms with Crippen molar-refractivity contribution >= 4 is 33.4 Å². The van der Waals surface area contributed by atoms with Gasteiger partial charge in [-0.2, -0.15) is 0 Å². The van der Waals surface area contributed by atoms with Gasteiger partial charge in [0, 0.05) is 10.1 Å². The van der Waals surface area contributed by atoms with Gasteiger partial charge in [-0.25, -0.2) is 9.98 Å². The second kappa shape index (κ2) is 9.96. The molecule has 1 aromatic carbocycles. The third-order valence-corrected chi connectivity index (χ3v) is 5.78. The minimum atomic E-state index is -0.134. The number of hydrogen-bond acceptors (Lipinski definition) is 5. The van der Waals surface area contributed by atoms with Gasteiger partial charge < -0.3 is 14.8 Å². The molecule has 2 aromatic rings. The van der Waals surface area contributed by atoms with Crippen LogP contribution in [0.25, 0.3) is 0 Å². The van der Waals surface area contributed by atoms with Gasteiger partial charge in [-0.3, -0.25) is 4.79 Å². The number of aryl methyl sites for hydroxylation is 1. The molecule has 7 heteroatoms. The number of pyridine rings is 1. The fourth-order valence-electron chi connectivity index (χ4n) is 3.37. The molecule has 0 radical (unpaired) electrons. The maximum absolute atomic E-state index is 12.2. The molecule has 6 nitrogen and oxygen atoms in total. The number of nitrogens with one attached hydrogen (secondary N) is 1. The van der Waals surface area contributed by atoms with E-state index in [0.29, 0.717) is 30.5 Å². The van der Waals surface area contributed by atoms with Crippen molar-refractivity contribution in [2.24, 2.45) is 4.99 Å². The third-order valence-electron chi connectivity index (χ3n) is 5.22. The normalized spacial score (nSPS) is 15.5. The number of amides is 1. The predicted molar refractivity (Wildman–Crippen MR) is 129 cm³/mol. The van der Waals surface area contributed by atoms with Crippen molar-refractivity contribution in [2.75, 3.05) is 18.5 Å². The average Bonchev–Trinajstić information content (AvgIpc) is 2.93. The second-order valence-corrected chi connectivity index (χ2v) is 8.55. The fraction of sp³-hybridized carbons (Fsp3) is 0.240. The highest BCUT2D eigenvalue weighted by atomic mass is 79.9. The number of carbonyl (C=O) groups is 1. The van der Waals surface area contributed by atoms with E-state index in [1.54, 1.807) is 18.3 Å². The van der Waals surface area contributed by atoms with E-state index in [-0.39, 0.29) is 12.3 Å². The molecule has 32 heavy (non-hydrogen) atoms. The van der Waals surface area contributed by atoms with Crippen molar-refractivity contribution in [3.63, 3.8) is 0 Å². The van der Waals surface area contributed by atoms with Gasteiger partial charge in [0.25, 0.3) is 0 Å². The lowest BCUT2D eigenvalue weighted by Gasteiger charge is -2.20. The van der Waals surface area contributed by atoms with Gasteiger partial charge in [0.1, 0.15) is 18.1 Å². The van der Waals surface area contributed by atoms with Crippen LogP contribution in [0, 0.1) is 6.92 Å². The molecule has 164 valence electrons. The first-order valence-corrected chi connectivity index (χ1v) is 11.2. The Balaban J connectivity index is 1.36. The summed E-state index contributed by atoms with van der Waals surface area (Å²) in [6, 6.07) is 11.3. The third kappa shape index (κ3) is 5.34. The number of hydrogen-bond donors (Lipinski definition) is 1. The van der Waals surface area contributed by atoms with Crippen LogP contribution in [0.5, 0.6) is 5.75 Å². The number of allylic oxidation sites excluding steroid dienone is 4. The van der Waals surface area contributed by atoms with Crippen LogP contribution in [0.1, 0.15) is 31.0 Å². The van der Waals surface area contributed by atoms with E-state index >= 15 is 0 Å². The molecule has 2 heterocycles. The number of aromatic nitrogens is 1. The molecular formula is C25H24BrN3O3. The average molecular weight is 494 g/mol. The van der Waals surface area contributed by atoms with E-state index in [1.165, 1.54) is 5.57 Å². The number of ether oxygens (including phenoxy) is 2. The zero-order chi connectivity index (χ0) is 22.5. The Morgan fingerprint density at radius 2 is 2.06 bits per heavy atom. The lowest BCUT2D eigenvalue weighted by atomic mass is 10.1. The summed E-state index contributed by atoms with van der Waals surface area (Å²) in [5.74, 6) is 1.13. The monoisotopic (exact) mass is 493 g/mol. The Morgan fingerprint density at radius 1 is 1.22 bits per heavy atom. The van der Waals surface area contributed by atoms with Gasteiger partial charge in [-0.1, -0.05) is 45.8 Å². The lowest BCUT2D eigenvalue weighted by molar-refractivity contribution is -0.116. The summed E-state index contributed by atoms with van der Waals surface area (Å²) in [5.41, 5.74) is 5.51. The van der Waals surface area contributed by atoms with Crippen molar-refractivity contribution < 1.29 is 14.3 Å². The standard InChI is InChI=1S/C25H24BrN3O3/c1-16-7-8-18(26)13-22-20(16)15-32-25(29-22)21-10-9-19(14-27-21)28-24(30)11-12-31-23-6-4-3-5-17(23)2/h3-6,8-10,13-14H,7,11-12,15H2,1-2H3,(H,28,30). The van der Waals surface area contributed by atoms with Gasteiger partial charge in [-0.15, -0.1) is 0 Å². The highest BCUT2D eigenvalue weighted by Gasteiger charge is 2.21. The topological polar surface area (TPSA) is 72.8 Å². The highest BCUT2D eigenvalue weighted by molar-refractivity contribution is 9.11.